The molecule has 2 aromatic carbocycles. The summed E-state index contributed by atoms with van der Waals surface area (Å²) in [4.78, 5) is 16.6. The van der Waals surface area contributed by atoms with Gasteiger partial charge in [0.1, 0.15) is 6.61 Å². The van der Waals surface area contributed by atoms with Gasteiger partial charge in [0.25, 0.3) is 0 Å². The van der Waals surface area contributed by atoms with Crippen LogP contribution in [0.25, 0.3) is 0 Å². The van der Waals surface area contributed by atoms with E-state index in [-0.39, 0.29) is 12.7 Å². The summed E-state index contributed by atoms with van der Waals surface area (Å²) in [5.41, 5.74) is 2.98. The minimum absolute atomic E-state index is 0.275. The predicted octanol–water partition coefficient (Wildman–Crippen LogP) is 4.22. The van der Waals surface area contributed by atoms with Crippen LogP contribution in [0.2, 0.25) is 5.02 Å². The third-order valence-corrected chi connectivity index (χ3v) is 4.57. The number of ether oxygens (including phenoxy) is 1. The molecular weight excluding hydrogens is 336 g/mol. The molecule has 0 fully saturated rings. The topological polar surface area (TPSA) is 32.8 Å². The van der Waals surface area contributed by atoms with E-state index in [9.17, 15) is 4.79 Å². The molecule has 3 rings (SSSR count). The highest BCUT2D eigenvalue weighted by atomic mass is 35.5. The molecule has 4 nitrogen and oxygen atoms in total. The van der Waals surface area contributed by atoms with Gasteiger partial charge in [-0.05, 0) is 55.8 Å². The molecule has 0 bridgehead atoms. The van der Waals surface area contributed by atoms with Crippen molar-refractivity contribution in [1.29, 1.82) is 0 Å². The van der Waals surface area contributed by atoms with Gasteiger partial charge in [-0.15, -0.1) is 0 Å². The van der Waals surface area contributed by atoms with Gasteiger partial charge < -0.3 is 9.64 Å². The van der Waals surface area contributed by atoms with Crippen LogP contribution in [0.15, 0.2) is 48.5 Å². The number of nitrogens with zero attached hydrogens (tertiary/aromatic N) is 2. The number of benzene rings is 2. The molecular formula is C20H23ClN2O2. The number of amides is 1. The zero-order valence-electron chi connectivity index (χ0n) is 14.6. The minimum Gasteiger partial charge on any atom is -0.444 e. The maximum Gasteiger partial charge on any atom is 0.414 e. The van der Waals surface area contributed by atoms with Crippen LogP contribution < -0.4 is 4.90 Å². The first kappa shape index (κ1) is 17.8. The Balaban J connectivity index is 1.77. The Morgan fingerprint density at radius 1 is 1.24 bits per heavy atom. The molecule has 25 heavy (non-hydrogen) atoms. The molecule has 1 heterocycles. The van der Waals surface area contributed by atoms with Crippen molar-refractivity contribution in [3.05, 3.63) is 64.7 Å². The van der Waals surface area contributed by atoms with Gasteiger partial charge in [0.15, 0.2) is 0 Å². The molecule has 0 saturated heterocycles. The highest BCUT2D eigenvalue weighted by Crippen LogP contribution is 2.32. The van der Waals surface area contributed by atoms with Crippen molar-refractivity contribution < 1.29 is 9.53 Å². The SMILES string of the molecule is CN(C)CC1Cc2cc(Cl)ccc2N(C(=O)OCc2ccccc2)C1. The molecule has 0 radical (unpaired) electrons. The van der Waals surface area contributed by atoms with Gasteiger partial charge in [-0.1, -0.05) is 41.9 Å². The Bertz CT molecular complexity index is 734. The van der Waals surface area contributed by atoms with E-state index in [2.05, 4.69) is 4.90 Å². The highest BCUT2D eigenvalue weighted by Gasteiger charge is 2.30. The summed E-state index contributed by atoms with van der Waals surface area (Å²) in [6, 6.07) is 15.4. The first-order valence-corrected chi connectivity index (χ1v) is 8.82. The number of hydrogen-bond donors (Lipinski definition) is 0. The van der Waals surface area contributed by atoms with Crippen molar-refractivity contribution in [3.8, 4) is 0 Å². The van der Waals surface area contributed by atoms with E-state index < -0.39 is 0 Å². The quantitative estimate of drug-likeness (QED) is 0.820. The molecule has 1 atom stereocenters. The summed E-state index contributed by atoms with van der Waals surface area (Å²) >= 11 is 6.15. The first-order valence-electron chi connectivity index (χ1n) is 8.44. The third kappa shape index (κ3) is 4.53. The first-order chi connectivity index (χ1) is 12.0. The van der Waals surface area contributed by atoms with E-state index in [4.69, 9.17) is 16.3 Å². The largest absolute Gasteiger partial charge is 0.444 e. The van der Waals surface area contributed by atoms with Crippen LogP contribution in [-0.4, -0.2) is 38.2 Å². The Kier molecular flexibility index (Phi) is 5.61. The summed E-state index contributed by atoms with van der Waals surface area (Å²) in [5, 5.41) is 0.696. The highest BCUT2D eigenvalue weighted by molar-refractivity contribution is 6.30. The van der Waals surface area contributed by atoms with Gasteiger partial charge in [-0.25, -0.2) is 4.79 Å². The van der Waals surface area contributed by atoms with Gasteiger partial charge in [-0.2, -0.15) is 0 Å². The number of halogens is 1. The van der Waals surface area contributed by atoms with Crippen LogP contribution >= 0.6 is 11.6 Å². The maximum absolute atomic E-state index is 12.7. The number of anilines is 1. The van der Waals surface area contributed by atoms with Crippen molar-refractivity contribution in [2.24, 2.45) is 5.92 Å². The van der Waals surface area contributed by atoms with Crippen LogP contribution in [-0.2, 0) is 17.8 Å². The average molecular weight is 359 g/mol. The molecule has 0 spiro atoms. The van der Waals surface area contributed by atoms with Crippen LogP contribution in [0.5, 0.6) is 0 Å². The molecule has 0 N–H and O–H groups in total. The van der Waals surface area contributed by atoms with Gasteiger partial charge in [0.2, 0.25) is 0 Å². The van der Waals surface area contributed by atoms with Gasteiger partial charge >= 0.3 is 6.09 Å². The monoisotopic (exact) mass is 358 g/mol. The lowest BCUT2D eigenvalue weighted by Gasteiger charge is -2.35. The summed E-state index contributed by atoms with van der Waals surface area (Å²) in [5.74, 6) is 0.352. The number of carbonyl (C=O) groups excluding carboxylic acids is 1. The van der Waals surface area contributed by atoms with Crippen molar-refractivity contribution in [1.82, 2.24) is 4.90 Å². The molecule has 2 aromatic rings. The Labute approximate surface area is 154 Å². The molecule has 0 aromatic heterocycles. The zero-order valence-corrected chi connectivity index (χ0v) is 15.4. The van der Waals surface area contributed by atoms with Crippen molar-refractivity contribution >= 4 is 23.4 Å². The smallest absolute Gasteiger partial charge is 0.414 e. The second kappa shape index (κ2) is 7.89. The molecule has 1 aliphatic heterocycles. The fraction of sp³-hybridized carbons (Fsp3) is 0.350. The Morgan fingerprint density at radius 2 is 2.00 bits per heavy atom. The van der Waals surface area contributed by atoms with E-state index >= 15 is 0 Å². The molecule has 132 valence electrons. The fourth-order valence-corrected chi connectivity index (χ4v) is 3.52. The maximum atomic E-state index is 12.7. The number of fused-ring (bicyclic) bond motifs is 1. The lowest BCUT2D eigenvalue weighted by atomic mass is 9.92. The van der Waals surface area contributed by atoms with Crippen LogP contribution in [0.3, 0.4) is 0 Å². The van der Waals surface area contributed by atoms with Crippen LogP contribution in [0.4, 0.5) is 10.5 Å². The predicted molar refractivity (Wildman–Crippen MR) is 101 cm³/mol. The molecule has 5 heteroatoms. The number of hydrogen-bond acceptors (Lipinski definition) is 3. The fourth-order valence-electron chi connectivity index (χ4n) is 3.32. The molecule has 0 aliphatic carbocycles. The van der Waals surface area contributed by atoms with Crippen molar-refractivity contribution in [2.45, 2.75) is 13.0 Å². The van der Waals surface area contributed by atoms with Gasteiger partial charge in [0.05, 0.1) is 5.69 Å². The average Bonchev–Trinajstić information content (AvgIpc) is 2.59. The third-order valence-electron chi connectivity index (χ3n) is 4.33. The Morgan fingerprint density at radius 3 is 2.72 bits per heavy atom. The molecule has 1 aliphatic rings. The summed E-state index contributed by atoms with van der Waals surface area (Å²) in [6.07, 6.45) is 0.604. The van der Waals surface area contributed by atoms with Gasteiger partial charge in [-0.3, -0.25) is 4.90 Å². The van der Waals surface area contributed by atoms with Crippen LogP contribution in [0.1, 0.15) is 11.1 Å². The summed E-state index contributed by atoms with van der Waals surface area (Å²) in [6.45, 7) is 1.84. The van der Waals surface area contributed by atoms with E-state index in [0.717, 1.165) is 29.8 Å². The molecule has 0 saturated carbocycles. The second-order valence-corrected chi connectivity index (χ2v) is 7.19. The van der Waals surface area contributed by atoms with Gasteiger partial charge in [0, 0.05) is 18.1 Å². The summed E-state index contributed by atoms with van der Waals surface area (Å²) in [7, 11) is 4.09. The van der Waals surface area contributed by atoms with E-state index in [1.807, 2.05) is 62.6 Å². The lowest BCUT2D eigenvalue weighted by molar-refractivity contribution is 0.144. The van der Waals surface area contributed by atoms with E-state index in [1.54, 1.807) is 4.90 Å². The van der Waals surface area contributed by atoms with E-state index in [1.165, 1.54) is 0 Å². The minimum atomic E-state index is -0.309. The molecule has 1 unspecified atom stereocenters. The van der Waals surface area contributed by atoms with E-state index in [0.29, 0.717) is 17.5 Å². The lowest BCUT2D eigenvalue weighted by Crippen LogP contribution is -2.43. The van der Waals surface area contributed by atoms with Crippen molar-refractivity contribution in [2.75, 3.05) is 32.1 Å². The standard InChI is InChI=1S/C20H23ClN2O2/c1-22(2)12-16-10-17-11-18(21)8-9-19(17)23(13-16)20(24)25-14-15-6-4-3-5-7-15/h3-9,11,16H,10,12-14H2,1-2H3. The Hall–Kier alpha value is -2.04. The molecule has 1 amide bonds. The van der Waals surface area contributed by atoms with Crippen molar-refractivity contribution in [3.63, 3.8) is 0 Å². The summed E-state index contributed by atoms with van der Waals surface area (Å²) < 4.78 is 5.55. The number of rotatable bonds is 4. The second-order valence-electron chi connectivity index (χ2n) is 6.76. The zero-order chi connectivity index (χ0) is 17.8. The normalized spacial score (nSPS) is 16.6. The van der Waals surface area contributed by atoms with Crippen LogP contribution in [0, 0.1) is 5.92 Å². The number of carbonyl (C=O) groups is 1.